The Balaban J connectivity index is 1.90. The highest BCUT2D eigenvalue weighted by atomic mass is 16.5. The molecule has 0 N–H and O–H groups in total. The lowest BCUT2D eigenvalue weighted by molar-refractivity contribution is 0.0731. The van der Waals surface area contributed by atoms with Crippen LogP contribution in [0.25, 0.3) is 10.8 Å². The molecular weight excluding hydrogens is 292 g/mol. The van der Waals surface area contributed by atoms with Gasteiger partial charge in [-0.1, -0.05) is 24.3 Å². The fourth-order valence-corrected chi connectivity index (χ4v) is 2.37. The summed E-state index contributed by atoms with van der Waals surface area (Å²) in [4.78, 5) is 12.3. The van der Waals surface area contributed by atoms with Gasteiger partial charge in [0, 0.05) is 0 Å². The van der Waals surface area contributed by atoms with Crippen molar-refractivity contribution in [1.29, 1.82) is 0 Å². The molecule has 0 radical (unpaired) electrons. The maximum absolute atomic E-state index is 12.3. The first-order valence-corrected chi connectivity index (χ1v) is 7.14. The van der Waals surface area contributed by atoms with E-state index in [0.29, 0.717) is 17.1 Å². The van der Waals surface area contributed by atoms with Crippen molar-refractivity contribution in [2.45, 2.75) is 0 Å². The summed E-state index contributed by atoms with van der Waals surface area (Å²) in [6, 6.07) is 18.2. The summed E-state index contributed by atoms with van der Waals surface area (Å²) in [5, 5.41) is 1.98. The summed E-state index contributed by atoms with van der Waals surface area (Å²) in [7, 11) is 3.14. The lowest BCUT2D eigenvalue weighted by Crippen LogP contribution is -2.09. The standard InChI is InChI=1S/C19H16O4/c1-21-15-9-7-13-8-10-16(12-14(13)11-15)23-19(20)17-5-3-4-6-18(17)22-2/h3-12H,1-2H3. The molecule has 0 fully saturated rings. The number of fused-ring (bicyclic) bond motifs is 1. The Bertz CT molecular complexity index is 855. The third-order valence-corrected chi connectivity index (χ3v) is 3.56. The predicted molar refractivity (Wildman–Crippen MR) is 88.5 cm³/mol. The van der Waals surface area contributed by atoms with Crippen molar-refractivity contribution < 1.29 is 19.0 Å². The number of benzene rings is 3. The van der Waals surface area contributed by atoms with Crippen molar-refractivity contribution in [2.24, 2.45) is 0 Å². The molecule has 3 rings (SSSR count). The SMILES string of the molecule is COc1ccc2ccc(OC(=O)c3ccccc3OC)cc2c1. The monoisotopic (exact) mass is 308 g/mol. The number of carbonyl (C=O) groups is 1. The fraction of sp³-hybridized carbons (Fsp3) is 0.105. The van der Waals surface area contributed by atoms with E-state index in [-0.39, 0.29) is 0 Å². The zero-order valence-corrected chi connectivity index (χ0v) is 12.9. The third-order valence-electron chi connectivity index (χ3n) is 3.56. The Morgan fingerprint density at radius 1 is 0.783 bits per heavy atom. The summed E-state index contributed by atoms with van der Waals surface area (Å²) in [5.74, 6) is 1.26. The second-order valence-electron chi connectivity index (χ2n) is 4.96. The number of rotatable bonds is 4. The van der Waals surface area contributed by atoms with Crippen molar-refractivity contribution in [3.63, 3.8) is 0 Å². The first-order chi connectivity index (χ1) is 11.2. The number of methoxy groups -OCH3 is 2. The van der Waals surface area contributed by atoms with E-state index < -0.39 is 5.97 Å². The van der Waals surface area contributed by atoms with E-state index >= 15 is 0 Å². The van der Waals surface area contributed by atoms with Crippen LogP contribution in [0.4, 0.5) is 0 Å². The first-order valence-electron chi connectivity index (χ1n) is 7.14. The van der Waals surface area contributed by atoms with Crippen molar-refractivity contribution in [2.75, 3.05) is 14.2 Å². The third kappa shape index (κ3) is 3.11. The van der Waals surface area contributed by atoms with Crippen LogP contribution in [0.1, 0.15) is 10.4 Å². The van der Waals surface area contributed by atoms with Crippen LogP contribution in [0, 0.1) is 0 Å². The van der Waals surface area contributed by atoms with E-state index in [1.54, 1.807) is 37.4 Å². The average molecular weight is 308 g/mol. The molecule has 116 valence electrons. The second kappa shape index (κ2) is 6.40. The van der Waals surface area contributed by atoms with Crippen LogP contribution in [-0.2, 0) is 0 Å². The number of hydrogen-bond acceptors (Lipinski definition) is 4. The van der Waals surface area contributed by atoms with Gasteiger partial charge in [-0.05, 0) is 47.2 Å². The highest BCUT2D eigenvalue weighted by Gasteiger charge is 2.14. The Kier molecular flexibility index (Phi) is 4.15. The lowest BCUT2D eigenvalue weighted by Gasteiger charge is -2.09. The van der Waals surface area contributed by atoms with Gasteiger partial charge in [-0.2, -0.15) is 0 Å². The highest BCUT2D eigenvalue weighted by molar-refractivity contribution is 5.94. The van der Waals surface area contributed by atoms with Crippen LogP contribution in [0.3, 0.4) is 0 Å². The molecule has 23 heavy (non-hydrogen) atoms. The number of esters is 1. The van der Waals surface area contributed by atoms with Gasteiger partial charge in [-0.15, -0.1) is 0 Å². The zero-order chi connectivity index (χ0) is 16.2. The lowest BCUT2D eigenvalue weighted by atomic mass is 10.1. The maximum Gasteiger partial charge on any atom is 0.347 e. The number of para-hydroxylation sites is 1. The topological polar surface area (TPSA) is 44.8 Å². The van der Waals surface area contributed by atoms with Crippen molar-refractivity contribution in [1.82, 2.24) is 0 Å². The predicted octanol–water partition coefficient (Wildman–Crippen LogP) is 4.08. The Hall–Kier alpha value is -3.01. The van der Waals surface area contributed by atoms with Gasteiger partial charge in [0.2, 0.25) is 0 Å². The van der Waals surface area contributed by atoms with Gasteiger partial charge in [-0.3, -0.25) is 0 Å². The molecule has 4 nitrogen and oxygen atoms in total. The quantitative estimate of drug-likeness (QED) is 0.538. The van der Waals surface area contributed by atoms with Crippen LogP contribution in [0.5, 0.6) is 17.2 Å². The zero-order valence-electron chi connectivity index (χ0n) is 12.9. The molecule has 3 aromatic carbocycles. The van der Waals surface area contributed by atoms with Crippen molar-refractivity contribution in [3.8, 4) is 17.2 Å². The molecule has 3 aromatic rings. The summed E-state index contributed by atoms with van der Waals surface area (Å²) in [6.07, 6.45) is 0. The molecule has 0 saturated heterocycles. The van der Waals surface area contributed by atoms with Gasteiger partial charge < -0.3 is 14.2 Å². The smallest absolute Gasteiger partial charge is 0.347 e. The van der Waals surface area contributed by atoms with Crippen LogP contribution < -0.4 is 14.2 Å². The van der Waals surface area contributed by atoms with E-state index in [4.69, 9.17) is 14.2 Å². The van der Waals surface area contributed by atoms with Crippen LogP contribution in [-0.4, -0.2) is 20.2 Å². The molecule has 0 atom stereocenters. The molecule has 0 spiro atoms. The molecule has 0 bridgehead atoms. The van der Waals surface area contributed by atoms with E-state index in [2.05, 4.69) is 0 Å². The average Bonchev–Trinajstić information content (AvgIpc) is 2.60. The van der Waals surface area contributed by atoms with E-state index in [0.717, 1.165) is 16.5 Å². The molecule has 4 heteroatoms. The van der Waals surface area contributed by atoms with Gasteiger partial charge in [0.1, 0.15) is 22.8 Å². The molecule has 0 unspecified atom stereocenters. The van der Waals surface area contributed by atoms with Crippen LogP contribution in [0.2, 0.25) is 0 Å². The highest BCUT2D eigenvalue weighted by Crippen LogP contribution is 2.26. The minimum Gasteiger partial charge on any atom is -0.497 e. The fourth-order valence-electron chi connectivity index (χ4n) is 2.37. The molecule has 0 aliphatic rings. The van der Waals surface area contributed by atoms with Gasteiger partial charge >= 0.3 is 5.97 Å². The summed E-state index contributed by atoms with van der Waals surface area (Å²) < 4.78 is 15.9. The Labute approximate surface area is 134 Å². The molecular formula is C19H16O4. The summed E-state index contributed by atoms with van der Waals surface area (Å²) in [5.41, 5.74) is 0.390. The van der Waals surface area contributed by atoms with Crippen molar-refractivity contribution in [3.05, 3.63) is 66.2 Å². The Morgan fingerprint density at radius 2 is 1.48 bits per heavy atom. The first kappa shape index (κ1) is 14.9. The van der Waals surface area contributed by atoms with Crippen molar-refractivity contribution >= 4 is 16.7 Å². The van der Waals surface area contributed by atoms with Crippen LogP contribution in [0.15, 0.2) is 60.7 Å². The van der Waals surface area contributed by atoms with Crippen LogP contribution >= 0.6 is 0 Å². The molecule has 0 aliphatic heterocycles. The van der Waals surface area contributed by atoms with E-state index in [9.17, 15) is 4.79 Å². The Morgan fingerprint density at radius 3 is 2.22 bits per heavy atom. The van der Waals surface area contributed by atoms with Gasteiger partial charge in [0.05, 0.1) is 14.2 Å². The van der Waals surface area contributed by atoms with E-state index in [1.165, 1.54) is 7.11 Å². The largest absolute Gasteiger partial charge is 0.497 e. The molecule has 0 saturated carbocycles. The number of carbonyl (C=O) groups excluding carboxylic acids is 1. The molecule has 0 aromatic heterocycles. The molecule has 0 amide bonds. The second-order valence-corrected chi connectivity index (χ2v) is 4.96. The molecule has 0 heterocycles. The van der Waals surface area contributed by atoms with Gasteiger partial charge in [0.25, 0.3) is 0 Å². The van der Waals surface area contributed by atoms with E-state index in [1.807, 2.05) is 30.3 Å². The number of ether oxygens (including phenoxy) is 3. The summed E-state index contributed by atoms with van der Waals surface area (Å²) in [6.45, 7) is 0. The molecule has 0 aliphatic carbocycles. The minimum atomic E-state index is -0.454. The van der Waals surface area contributed by atoms with Gasteiger partial charge in [0.15, 0.2) is 0 Å². The summed E-state index contributed by atoms with van der Waals surface area (Å²) >= 11 is 0. The minimum absolute atomic E-state index is 0.390. The normalized spacial score (nSPS) is 10.3. The maximum atomic E-state index is 12.3. The number of hydrogen-bond donors (Lipinski definition) is 0. The van der Waals surface area contributed by atoms with Gasteiger partial charge in [-0.25, -0.2) is 4.79 Å².